The lowest BCUT2D eigenvalue weighted by Gasteiger charge is -2.54. The second-order valence-electron chi connectivity index (χ2n) is 7.15. The molecule has 5 heteroatoms. The van der Waals surface area contributed by atoms with Crippen molar-refractivity contribution in [3.8, 4) is 0 Å². The van der Waals surface area contributed by atoms with E-state index in [0.29, 0.717) is 25.3 Å². The maximum atomic E-state index is 12.8. The molecule has 1 N–H and O–H groups in total. The Hall–Kier alpha value is -0.940. The second kappa shape index (κ2) is 5.93. The molecule has 1 aromatic heterocycles. The van der Waals surface area contributed by atoms with E-state index >= 15 is 0 Å². The number of aromatic nitrogens is 1. The Morgan fingerprint density at radius 1 is 1.50 bits per heavy atom. The summed E-state index contributed by atoms with van der Waals surface area (Å²) in [6.45, 7) is 7.07. The van der Waals surface area contributed by atoms with Gasteiger partial charge < -0.3 is 10.0 Å². The summed E-state index contributed by atoms with van der Waals surface area (Å²) in [6.07, 6.45) is 4.90. The zero-order valence-corrected chi connectivity index (χ0v) is 14.6. The van der Waals surface area contributed by atoms with Crippen LogP contribution in [0.2, 0.25) is 0 Å². The van der Waals surface area contributed by atoms with Crippen LogP contribution in [0.25, 0.3) is 0 Å². The van der Waals surface area contributed by atoms with Gasteiger partial charge in [-0.1, -0.05) is 13.8 Å². The molecular weight excluding hydrogens is 296 g/mol. The van der Waals surface area contributed by atoms with Crippen molar-refractivity contribution in [2.24, 2.45) is 0 Å². The van der Waals surface area contributed by atoms with E-state index in [0.717, 1.165) is 30.0 Å². The maximum Gasteiger partial charge on any atom is 0.229 e. The van der Waals surface area contributed by atoms with Crippen molar-refractivity contribution in [1.82, 2.24) is 9.88 Å². The number of nitrogens with zero attached hydrogens (tertiary/aromatic N) is 2. The quantitative estimate of drug-likeness (QED) is 0.930. The molecule has 2 fully saturated rings. The number of aliphatic hydroxyl groups is 1. The normalized spacial score (nSPS) is 23.9. The Morgan fingerprint density at radius 3 is 2.77 bits per heavy atom. The fourth-order valence-electron chi connectivity index (χ4n) is 3.92. The van der Waals surface area contributed by atoms with Gasteiger partial charge in [-0.2, -0.15) is 0 Å². The van der Waals surface area contributed by atoms with Crippen LogP contribution in [-0.2, 0) is 11.2 Å². The number of rotatable bonds is 3. The van der Waals surface area contributed by atoms with Crippen molar-refractivity contribution < 1.29 is 9.90 Å². The monoisotopic (exact) mass is 322 g/mol. The summed E-state index contributed by atoms with van der Waals surface area (Å²) in [4.78, 5) is 20.7. The number of hydrogen-bond donors (Lipinski definition) is 1. The number of amides is 1. The first-order valence-electron chi connectivity index (χ1n) is 8.36. The summed E-state index contributed by atoms with van der Waals surface area (Å²) >= 11 is 1.65. The van der Waals surface area contributed by atoms with E-state index in [-0.39, 0.29) is 17.6 Å². The van der Waals surface area contributed by atoms with Gasteiger partial charge in [0.25, 0.3) is 0 Å². The van der Waals surface area contributed by atoms with Gasteiger partial charge in [0.15, 0.2) is 0 Å². The molecule has 1 unspecified atom stereocenters. The number of aliphatic hydroxyl groups excluding tert-OH is 1. The zero-order valence-electron chi connectivity index (χ0n) is 13.8. The Morgan fingerprint density at radius 2 is 2.23 bits per heavy atom. The van der Waals surface area contributed by atoms with Gasteiger partial charge in [0, 0.05) is 17.0 Å². The molecule has 2 heterocycles. The molecule has 0 radical (unpaired) electrons. The van der Waals surface area contributed by atoms with E-state index in [1.807, 2.05) is 0 Å². The summed E-state index contributed by atoms with van der Waals surface area (Å²) in [5.41, 5.74) is 1.07. The summed E-state index contributed by atoms with van der Waals surface area (Å²) in [5.74, 6) is 0.596. The number of hydrogen-bond acceptors (Lipinski definition) is 4. The van der Waals surface area contributed by atoms with Gasteiger partial charge in [-0.15, -0.1) is 11.3 Å². The Labute approximate surface area is 136 Å². The van der Waals surface area contributed by atoms with Gasteiger partial charge in [-0.05, 0) is 44.9 Å². The maximum absolute atomic E-state index is 12.8. The standard InChI is InChI=1S/C17H26N2O2S/c1-11(2)16-12(3)22-14(18-16)9-15(21)19-8-5-13(20)10-17(19)6-4-7-17/h11,13,20H,4-10H2,1-3H3. The van der Waals surface area contributed by atoms with Crippen molar-refractivity contribution in [1.29, 1.82) is 0 Å². The highest BCUT2D eigenvalue weighted by Gasteiger charge is 2.48. The average Bonchev–Trinajstić information content (AvgIpc) is 2.77. The summed E-state index contributed by atoms with van der Waals surface area (Å²) < 4.78 is 0. The van der Waals surface area contributed by atoms with Crippen LogP contribution in [0.15, 0.2) is 0 Å². The van der Waals surface area contributed by atoms with Crippen LogP contribution < -0.4 is 0 Å². The molecule has 0 bridgehead atoms. The largest absolute Gasteiger partial charge is 0.393 e. The SMILES string of the molecule is Cc1sc(CC(=O)N2CCC(O)CC23CCC3)nc1C(C)C. The molecule has 22 heavy (non-hydrogen) atoms. The number of carbonyl (C=O) groups is 1. The van der Waals surface area contributed by atoms with Crippen molar-refractivity contribution in [2.45, 2.75) is 76.9 Å². The number of thiazole rings is 1. The number of likely N-dealkylation sites (tertiary alicyclic amines) is 1. The minimum atomic E-state index is -0.237. The van der Waals surface area contributed by atoms with Crippen LogP contribution in [0.1, 0.15) is 67.4 Å². The molecule has 1 amide bonds. The van der Waals surface area contributed by atoms with Crippen molar-refractivity contribution in [3.63, 3.8) is 0 Å². The van der Waals surface area contributed by atoms with Crippen LogP contribution >= 0.6 is 11.3 Å². The van der Waals surface area contributed by atoms with Gasteiger partial charge >= 0.3 is 0 Å². The van der Waals surface area contributed by atoms with Crippen molar-refractivity contribution >= 4 is 17.2 Å². The number of carbonyl (C=O) groups excluding carboxylic acids is 1. The van der Waals surface area contributed by atoms with Gasteiger partial charge in [-0.25, -0.2) is 4.98 Å². The molecule has 4 nitrogen and oxygen atoms in total. The molecule has 1 aliphatic carbocycles. The van der Waals surface area contributed by atoms with E-state index < -0.39 is 0 Å². The van der Waals surface area contributed by atoms with Gasteiger partial charge in [0.05, 0.1) is 18.2 Å². The Kier molecular flexibility index (Phi) is 4.29. The lowest BCUT2D eigenvalue weighted by atomic mass is 9.69. The fraction of sp³-hybridized carbons (Fsp3) is 0.765. The zero-order chi connectivity index (χ0) is 15.9. The predicted molar refractivity (Wildman–Crippen MR) is 88.2 cm³/mol. The first-order valence-corrected chi connectivity index (χ1v) is 9.18. The van der Waals surface area contributed by atoms with Gasteiger partial charge in [0.2, 0.25) is 5.91 Å². The molecule has 1 saturated heterocycles. The van der Waals surface area contributed by atoms with Crippen molar-refractivity contribution in [3.05, 3.63) is 15.6 Å². The van der Waals surface area contributed by atoms with E-state index in [4.69, 9.17) is 0 Å². The smallest absolute Gasteiger partial charge is 0.229 e. The van der Waals surface area contributed by atoms with Gasteiger partial charge in [0.1, 0.15) is 5.01 Å². The van der Waals surface area contributed by atoms with Gasteiger partial charge in [-0.3, -0.25) is 4.79 Å². The van der Waals surface area contributed by atoms with Crippen LogP contribution in [0.3, 0.4) is 0 Å². The lowest BCUT2D eigenvalue weighted by Crippen LogP contribution is -2.61. The molecule has 1 spiro atoms. The molecule has 1 atom stereocenters. The molecule has 2 aliphatic rings. The summed E-state index contributed by atoms with van der Waals surface area (Å²) in [6, 6.07) is 0. The molecule has 1 aliphatic heterocycles. The Bertz CT molecular complexity index is 563. The fourth-order valence-corrected chi connectivity index (χ4v) is 4.99. The van der Waals surface area contributed by atoms with Crippen LogP contribution in [0.5, 0.6) is 0 Å². The molecule has 3 rings (SSSR count). The average molecular weight is 322 g/mol. The lowest BCUT2D eigenvalue weighted by molar-refractivity contribution is -0.148. The first kappa shape index (κ1) is 15.9. The third-order valence-corrected chi connectivity index (χ3v) is 6.17. The van der Waals surface area contributed by atoms with E-state index in [1.54, 1.807) is 11.3 Å². The Balaban J connectivity index is 1.72. The second-order valence-corrected chi connectivity index (χ2v) is 8.44. The van der Waals surface area contributed by atoms with E-state index in [1.165, 1.54) is 11.3 Å². The predicted octanol–water partition coefficient (Wildman–Crippen LogP) is 3.02. The van der Waals surface area contributed by atoms with E-state index in [9.17, 15) is 9.90 Å². The first-order chi connectivity index (χ1) is 10.4. The molecule has 0 aromatic carbocycles. The molecular formula is C17H26N2O2S. The van der Waals surface area contributed by atoms with Crippen LogP contribution in [0, 0.1) is 6.92 Å². The topological polar surface area (TPSA) is 53.4 Å². The number of aryl methyl sites for hydroxylation is 1. The third-order valence-electron chi connectivity index (χ3n) is 5.19. The van der Waals surface area contributed by atoms with Crippen LogP contribution in [0.4, 0.5) is 0 Å². The number of piperidine rings is 1. The van der Waals surface area contributed by atoms with Crippen molar-refractivity contribution in [2.75, 3.05) is 6.54 Å². The molecule has 1 aromatic rings. The highest BCUT2D eigenvalue weighted by Crippen LogP contribution is 2.44. The minimum Gasteiger partial charge on any atom is -0.393 e. The third kappa shape index (κ3) is 2.81. The summed E-state index contributed by atoms with van der Waals surface area (Å²) in [5, 5.41) is 10.9. The summed E-state index contributed by atoms with van der Waals surface area (Å²) in [7, 11) is 0. The highest BCUT2D eigenvalue weighted by molar-refractivity contribution is 7.11. The van der Waals surface area contributed by atoms with Crippen LogP contribution in [-0.4, -0.2) is 39.1 Å². The minimum absolute atomic E-state index is 0.0536. The molecule has 1 saturated carbocycles. The highest BCUT2D eigenvalue weighted by atomic mass is 32.1. The van der Waals surface area contributed by atoms with E-state index in [2.05, 4.69) is 30.7 Å². The molecule has 122 valence electrons.